The van der Waals surface area contributed by atoms with Crippen LogP contribution in [0.5, 0.6) is 0 Å². The SMILES string of the molecule is CCC(C)C(N)C(=O)NCCC1CCCNC1. The second kappa shape index (κ2) is 7.67. The fourth-order valence-corrected chi connectivity index (χ4v) is 2.20. The van der Waals surface area contributed by atoms with E-state index in [1.54, 1.807) is 0 Å². The normalized spacial score (nSPS) is 24.1. The Bertz CT molecular complexity index is 227. The monoisotopic (exact) mass is 241 g/mol. The molecule has 4 nitrogen and oxygen atoms in total. The molecule has 0 aliphatic carbocycles. The highest BCUT2D eigenvalue weighted by Gasteiger charge is 2.19. The zero-order valence-corrected chi connectivity index (χ0v) is 11.2. The molecule has 1 fully saturated rings. The summed E-state index contributed by atoms with van der Waals surface area (Å²) in [5.74, 6) is 0.971. The average Bonchev–Trinajstić information content (AvgIpc) is 2.38. The van der Waals surface area contributed by atoms with Gasteiger partial charge in [-0.15, -0.1) is 0 Å². The summed E-state index contributed by atoms with van der Waals surface area (Å²) in [6.07, 6.45) is 4.54. The molecule has 1 rings (SSSR count). The van der Waals surface area contributed by atoms with Crippen molar-refractivity contribution in [2.75, 3.05) is 19.6 Å². The smallest absolute Gasteiger partial charge is 0.237 e. The summed E-state index contributed by atoms with van der Waals surface area (Å²) in [6.45, 7) is 7.07. The lowest BCUT2D eigenvalue weighted by atomic mass is 9.96. The van der Waals surface area contributed by atoms with Crippen molar-refractivity contribution in [3.8, 4) is 0 Å². The van der Waals surface area contributed by atoms with Crippen LogP contribution in [-0.4, -0.2) is 31.6 Å². The third-order valence-corrected chi connectivity index (χ3v) is 3.81. The predicted octanol–water partition coefficient (Wildman–Crippen LogP) is 0.866. The molecule has 0 saturated carbocycles. The second-order valence-electron chi connectivity index (χ2n) is 5.20. The minimum Gasteiger partial charge on any atom is -0.355 e. The molecule has 0 aromatic carbocycles. The van der Waals surface area contributed by atoms with E-state index in [0.717, 1.165) is 32.5 Å². The highest BCUT2D eigenvalue weighted by Crippen LogP contribution is 2.13. The van der Waals surface area contributed by atoms with E-state index >= 15 is 0 Å². The first-order valence-electron chi connectivity index (χ1n) is 6.89. The molecular weight excluding hydrogens is 214 g/mol. The van der Waals surface area contributed by atoms with Crippen molar-refractivity contribution >= 4 is 5.91 Å². The molecular formula is C13H27N3O. The molecule has 0 radical (unpaired) electrons. The van der Waals surface area contributed by atoms with Crippen LogP contribution >= 0.6 is 0 Å². The van der Waals surface area contributed by atoms with Crippen LogP contribution in [0.3, 0.4) is 0 Å². The summed E-state index contributed by atoms with van der Waals surface area (Å²) in [5.41, 5.74) is 5.87. The van der Waals surface area contributed by atoms with Gasteiger partial charge in [0.2, 0.25) is 5.91 Å². The Kier molecular flexibility index (Phi) is 6.52. The first-order chi connectivity index (χ1) is 8.15. The molecule has 1 saturated heterocycles. The molecule has 0 aromatic heterocycles. The van der Waals surface area contributed by atoms with Crippen molar-refractivity contribution in [3.63, 3.8) is 0 Å². The van der Waals surface area contributed by atoms with Gasteiger partial charge < -0.3 is 16.4 Å². The van der Waals surface area contributed by atoms with Crippen molar-refractivity contribution in [2.24, 2.45) is 17.6 Å². The number of amides is 1. The van der Waals surface area contributed by atoms with Crippen molar-refractivity contribution in [3.05, 3.63) is 0 Å². The maximum Gasteiger partial charge on any atom is 0.237 e. The molecule has 17 heavy (non-hydrogen) atoms. The number of hydrogen-bond acceptors (Lipinski definition) is 3. The standard InChI is InChI=1S/C13H27N3O/c1-3-10(2)12(14)13(17)16-8-6-11-5-4-7-15-9-11/h10-12,15H,3-9,14H2,1-2H3,(H,16,17). The van der Waals surface area contributed by atoms with Crippen molar-refractivity contribution in [1.29, 1.82) is 0 Å². The van der Waals surface area contributed by atoms with Gasteiger partial charge in [0.15, 0.2) is 0 Å². The Labute approximate surface area is 105 Å². The number of nitrogens with two attached hydrogens (primary N) is 1. The van der Waals surface area contributed by atoms with Crippen LogP contribution in [0, 0.1) is 11.8 Å². The molecule has 3 atom stereocenters. The van der Waals surface area contributed by atoms with E-state index in [4.69, 9.17) is 5.73 Å². The topological polar surface area (TPSA) is 67.2 Å². The fraction of sp³-hybridized carbons (Fsp3) is 0.923. The van der Waals surface area contributed by atoms with Crippen LogP contribution in [0.4, 0.5) is 0 Å². The van der Waals surface area contributed by atoms with Gasteiger partial charge in [0.1, 0.15) is 0 Å². The van der Waals surface area contributed by atoms with Crippen LogP contribution in [0.1, 0.15) is 39.5 Å². The van der Waals surface area contributed by atoms with E-state index in [0.29, 0.717) is 5.92 Å². The molecule has 1 aliphatic heterocycles. The van der Waals surface area contributed by atoms with Crippen LogP contribution in [0.25, 0.3) is 0 Å². The van der Waals surface area contributed by atoms with Gasteiger partial charge in [-0.25, -0.2) is 0 Å². The minimum absolute atomic E-state index is 0.00289. The Morgan fingerprint density at radius 1 is 1.59 bits per heavy atom. The van der Waals surface area contributed by atoms with Gasteiger partial charge in [0, 0.05) is 6.54 Å². The molecule has 0 aromatic rings. The van der Waals surface area contributed by atoms with Gasteiger partial charge >= 0.3 is 0 Å². The summed E-state index contributed by atoms with van der Waals surface area (Å²) >= 11 is 0. The number of piperidine rings is 1. The molecule has 3 unspecified atom stereocenters. The van der Waals surface area contributed by atoms with E-state index < -0.39 is 0 Å². The summed E-state index contributed by atoms with van der Waals surface area (Å²) in [6, 6.07) is -0.357. The Balaban J connectivity index is 2.14. The Hall–Kier alpha value is -0.610. The third kappa shape index (κ3) is 5.04. The van der Waals surface area contributed by atoms with Gasteiger partial charge in [-0.2, -0.15) is 0 Å². The molecule has 1 amide bonds. The molecule has 1 aliphatic rings. The van der Waals surface area contributed by atoms with Crippen LogP contribution in [-0.2, 0) is 4.79 Å². The average molecular weight is 241 g/mol. The van der Waals surface area contributed by atoms with Crippen LogP contribution in [0.2, 0.25) is 0 Å². The number of nitrogens with one attached hydrogen (secondary N) is 2. The Morgan fingerprint density at radius 3 is 2.94 bits per heavy atom. The van der Waals surface area contributed by atoms with Gasteiger partial charge in [0.05, 0.1) is 6.04 Å². The van der Waals surface area contributed by atoms with Gasteiger partial charge in [-0.1, -0.05) is 20.3 Å². The zero-order chi connectivity index (χ0) is 12.7. The number of hydrogen-bond donors (Lipinski definition) is 3. The fourth-order valence-electron chi connectivity index (χ4n) is 2.20. The first kappa shape index (κ1) is 14.5. The predicted molar refractivity (Wildman–Crippen MR) is 70.7 cm³/mol. The van der Waals surface area contributed by atoms with Crippen LogP contribution < -0.4 is 16.4 Å². The zero-order valence-electron chi connectivity index (χ0n) is 11.2. The van der Waals surface area contributed by atoms with E-state index in [2.05, 4.69) is 17.6 Å². The molecule has 0 spiro atoms. The minimum atomic E-state index is -0.357. The molecule has 4 heteroatoms. The maximum absolute atomic E-state index is 11.7. The maximum atomic E-state index is 11.7. The van der Waals surface area contributed by atoms with E-state index in [-0.39, 0.29) is 17.9 Å². The largest absolute Gasteiger partial charge is 0.355 e. The number of carbonyl (C=O) groups excluding carboxylic acids is 1. The van der Waals surface area contributed by atoms with Gasteiger partial charge in [-0.3, -0.25) is 4.79 Å². The molecule has 0 bridgehead atoms. The second-order valence-corrected chi connectivity index (χ2v) is 5.20. The molecule has 1 heterocycles. The summed E-state index contributed by atoms with van der Waals surface area (Å²) in [7, 11) is 0. The van der Waals surface area contributed by atoms with Crippen molar-refractivity contribution < 1.29 is 4.79 Å². The van der Waals surface area contributed by atoms with Crippen LogP contribution in [0.15, 0.2) is 0 Å². The van der Waals surface area contributed by atoms with E-state index in [1.807, 2.05) is 6.92 Å². The lowest BCUT2D eigenvalue weighted by Gasteiger charge is -2.23. The first-order valence-corrected chi connectivity index (χ1v) is 6.89. The summed E-state index contributed by atoms with van der Waals surface area (Å²) in [5, 5.41) is 6.34. The highest BCUT2D eigenvalue weighted by molar-refractivity contribution is 5.81. The third-order valence-electron chi connectivity index (χ3n) is 3.81. The van der Waals surface area contributed by atoms with Gasteiger partial charge in [-0.05, 0) is 44.2 Å². The number of carbonyl (C=O) groups is 1. The lowest BCUT2D eigenvalue weighted by molar-refractivity contribution is -0.123. The number of rotatable bonds is 6. The Morgan fingerprint density at radius 2 is 2.35 bits per heavy atom. The van der Waals surface area contributed by atoms with Gasteiger partial charge in [0.25, 0.3) is 0 Å². The van der Waals surface area contributed by atoms with E-state index in [1.165, 1.54) is 12.8 Å². The molecule has 4 N–H and O–H groups in total. The molecule has 100 valence electrons. The van der Waals surface area contributed by atoms with E-state index in [9.17, 15) is 4.79 Å². The highest BCUT2D eigenvalue weighted by atomic mass is 16.2. The summed E-state index contributed by atoms with van der Waals surface area (Å²) < 4.78 is 0. The van der Waals surface area contributed by atoms with Crippen molar-refractivity contribution in [2.45, 2.75) is 45.6 Å². The van der Waals surface area contributed by atoms with Crippen molar-refractivity contribution in [1.82, 2.24) is 10.6 Å². The lowest BCUT2D eigenvalue weighted by Crippen LogP contribution is -2.45. The quantitative estimate of drug-likeness (QED) is 0.646. The summed E-state index contributed by atoms with van der Waals surface area (Å²) in [4.78, 5) is 11.7.